The molecule has 0 saturated heterocycles. The molecule has 0 atom stereocenters. The van der Waals surface area contributed by atoms with Crippen LogP contribution in [0.3, 0.4) is 0 Å². The van der Waals surface area contributed by atoms with Gasteiger partial charge in [-0.15, -0.1) is 12.4 Å². The van der Waals surface area contributed by atoms with Gasteiger partial charge in [0.1, 0.15) is 5.75 Å². The van der Waals surface area contributed by atoms with Crippen molar-refractivity contribution in [1.29, 1.82) is 5.41 Å². The lowest BCUT2D eigenvalue weighted by Gasteiger charge is -2.10. The van der Waals surface area contributed by atoms with Gasteiger partial charge >= 0.3 is 0 Å². The topological polar surface area (TPSA) is 42.3 Å². The van der Waals surface area contributed by atoms with Crippen molar-refractivity contribution < 1.29 is 9.47 Å². The number of ether oxygens (including phenoxy) is 2. The molecule has 0 amide bonds. The molecule has 0 aliphatic carbocycles. The van der Waals surface area contributed by atoms with Gasteiger partial charge in [0.25, 0.3) is 0 Å². The van der Waals surface area contributed by atoms with Crippen LogP contribution in [0.15, 0.2) is 24.3 Å². The number of rotatable bonds is 4. The van der Waals surface area contributed by atoms with Crippen LogP contribution in [-0.2, 0) is 4.74 Å². The Morgan fingerprint density at radius 3 is 2.25 bits per heavy atom. The Morgan fingerprint density at radius 2 is 1.81 bits per heavy atom. The molecule has 90 valence electrons. The van der Waals surface area contributed by atoms with E-state index in [4.69, 9.17) is 14.9 Å². The fraction of sp³-hybridized carbons (Fsp3) is 0.417. The molecule has 0 radical (unpaired) electrons. The first-order valence-corrected chi connectivity index (χ1v) is 5.12. The number of halogens is 1. The summed E-state index contributed by atoms with van der Waals surface area (Å²) < 4.78 is 10.6. The van der Waals surface area contributed by atoms with Crippen molar-refractivity contribution in [3.8, 4) is 5.75 Å². The normalized spacial score (nSPS) is 9.50. The summed E-state index contributed by atoms with van der Waals surface area (Å²) in [4.78, 5) is 0. The van der Waals surface area contributed by atoms with Crippen molar-refractivity contribution in [1.82, 2.24) is 0 Å². The first-order chi connectivity index (χ1) is 7.13. The molecule has 0 aromatic heterocycles. The molecule has 4 heteroatoms. The second-order valence-corrected chi connectivity index (χ2v) is 3.45. The Bertz CT molecular complexity index is 322. The summed E-state index contributed by atoms with van der Waals surface area (Å²) >= 11 is 0. The summed E-state index contributed by atoms with van der Waals surface area (Å²) in [6.45, 7) is 6.35. The largest absolute Gasteiger partial charge is 0.491 e. The van der Waals surface area contributed by atoms with Crippen molar-refractivity contribution in [3.63, 3.8) is 0 Å². The lowest BCUT2D eigenvalue weighted by Crippen LogP contribution is -2.07. The maximum Gasteiger partial charge on any atom is 0.213 e. The first-order valence-electron chi connectivity index (χ1n) is 5.12. The second kappa shape index (κ2) is 7.12. The van der Waals surface area contributed by atoms with Crippen molar-refractivity contribution >= 4 is 18.3 Å². The van der Waals surface area contributed by atoms with E-state index in [0.717, 1.165) is 11.3 Å². The Morgan fingerprint density at radius 1 is 1.25 bits per heavy atom. The third kappa shape index (κ3) is 4.53. The van der Waals surface area contributed by atoms with E-state index < -0.39 is 0 Å². The SMILES string of the molecule is CCOC(=N)c1ccc(OC(C)C)cc1.Cl. The molecule has 0 aliphatic rings. The highest BCUT2D eigenvalue weighted by atomic mass is 35.5. The lowest BCUT2D eigenvalue weighted by atomic mass is 10.2. The Kier molecular flexibility index (Phi) is 6.58. The molecule has 1 aromatic carbocycles. The predicted octanol–water partition coefficient (Wildman–Crippen LogP) is 3.26. The molecule has 0 bridgehead atoms. The van der Waals surface area contributed by atoms with Crippen molar-refractivity contribution in [3.05, 3.63) is 29.8 Å². The number of benzene rings is 1. The summed E-state index contributed by atoms with van der Waals surface area (Å²) in [5.74, 6) is 1.02. The highest BCUT2D eigenvalue weighted by Gasteiger charge is 2.02. The summed E-state index contributed by atoms with van der Waals surface area (Å²) in [7, 11) is 0. The molecule has 0 saturated carbocycles. The minimum absolute atomic E-state index is 0. The Labute approximate surface area is 103 Å². The van der Waals surface area contributed by atoms with Gasteiger partial charge in [-0.3, -0.25) is 5.41 Å². The van der Waals surface area contributed by atoms with Crippen LogP contribution in [0.2, 0.25) is 0 Å². The van der Waals surface area contributed by atoms with Gasteiger partial charge in [-0.1, -0.05) is 0 Å². The minimum atomic E-state index is 0. The second-order valence-electron chi connectivity index (χ2n) is 3.45. The average Bonchev–Trinajstić information content (AvgIpc) is 2.18. The van der Waals surface area contributed by atoms with E-state index in [-0.39, 0.29) is 24.4 Å². The van der Waals surface area contributed by atoms with Crippen LogP contribution in [0.25, 0.3) is 0 Å². The van der Waals surface area contributed by atoms with Gasteiger partial charge in [-0.25, -0.2) is 0 Å². The van der Waals surface area contributed by atoms with Crippen LogP contribution >= 0.6 is 12.4 Å². The van der Waals surface area contributed by atoms with Crippen LogP contribution in [0, 0.1) is 5.41 Å². The van der Waals surface area contributed by atoms with Crippen LogP contribution in [0.1, 0.15) is 26.3 Å². The molecule has 0 unspecified atom stereocenters. The summed E-state index contributed by atoms with van der Waals surface area (Å²) in [6, 6.07) is 7.36. The molecular weight excluding hydrogens is 226 g/mol. The standard InChI is InChI=1S/C12H17NO2.ClH/c1-4-14-12(13)10-5-7-11(8-6-10)15-9(2)3;/h5-9,13H,4H2,1-3H3;1H. The summed E-state index contributed by atoms with van der Waals surface area (Å²) in [5, 5.41) is 7.58. The zero-order valence-electron chi connectivity index (χ0n) is 9.82. The third-order valence-electron chi connectivity index (χ3n) is 1.78. The van der Waals surface area contributed by atoms with E-state index in [2.05, 4.69) is 0 Å². The molecule has 16 heavy (non-hydrogen) atoms. The van der Waals surface area contributed by atoms with Crippen molar-refractivity contribution in [2.24, 2.45) is 0 Å². The maximum absolute atomic E-state index is 7.58. The maximum atomic E-state index is 7.58. The van der Waals surface area contributed by atoms with Gasteiger partial charge in [0.15, 0.2) is 0 Å². The quantitative estimate of drug-likeness (QED) is 0.652. The molecule has 3 nitrogen and oxygen atoms in total. The highest BCUT2D eigenvalue weighted by molar-refractivity contribution is 5.91. The van der Waals surface area contributed by atoms with Crippen molar-refractivity contribution in [2.75, 3.05) is 6.61 Å². The Hall–Kier alpha value is -1.22. The first kappa shape index (κ1) is 14.8. The molecule has 0 fully saturated rings. The highest BCUT2D eigenvalue weighted by Crippen LogP contribution is 2.14. The van der Waals surface area contributed by atoms with E-state index in [1.54, 1.807) is 0 Å². The van der Waals surface area contributed by atoms with Gasteiger partial charge in [-0.05, 0) is 45.0 Å². The minimum Gasteiger partial charge on any atom is -0.491 e. The lowest BCUT2D eigenvalue weighted by molar-refractivity contribution is 0.242. The zero-order chi connectivity index (χ0) is 11.3. The molecule has 0 spiro atoms. The molecule has 0 aliphatic heterocycles. The smallest absolute Gasteiger partial charge is 0.213 e. The fourth-order valence-electron chi connectivity index (χ4n) is 1.18. The number of hydrogen-bond acceptors (Lipinski definition) is 3. The number of hydrogen-bond donors (Lipinski definition) is 1. The Balaban J connectivity index is 0.00000225. The van der Waals surface area contributed by atoms with Crippen molar-refractivity contribution in [2.45, 2.75) is 26.9 Å². The van der Waals surface area contributed by atoms with E-state index in [1.165, 1.54) is 0 Å². The summed E-state index contributed by atoms with van der Waals surface area (Å²) in [5.41, 5.74) is 0.771. The number of nitrogens with one attached hydrogen (secondary N) is 1. The molecular formula is C12H18ClNO2. The van der Waals surface area contributed by atoms with Crippen LogP contribution in [0.5, 0.6) is 5.75 Å². The van der Waals surface area contributed by atoms with E-state index in [0.29, 0.717) is 6.61 Å². The van der Waals surface area contributed by atoms with Gasteiger partial charge in [0.2, 0.25) is 5.90 Å². The van der Waals surface area contributed by atoms with Gasteiger partial charge in [0, 0.05) is 5.56 Å². The monoisotopic (exact) mass is 243 g/mol. The van der Waals surface area contributed by atoms with Gasteiger partial charge < -0.3 is 9.47 Å². The van der Waals surface area contributed by atoms with E-state index >= 15 is 0 Å². The van der Waals surface area contributed by atoms with E-state index in [1.807, 2.05) is 45.0 Å². The van der Waals surface area contributed by atoms with Gasteiger partial charge in [0.05, 0.1) is 12.7 Å². The van der Waals surface area contributed by atoms with E-state index in [9.17, 15) is 0 Å². The molecule has 1 aromatic rings. The molecule has 0 heterocycles. The average molecular weight is 244 g/mol. The fourth-order valence-corrected chi connectivity index (χ4v) is 1.18. The zero-order valence-corrected chi connectivity index (χ0v) is 10.6. The predicted molar refractivity (Wildman–Crippen MR) is 67.9 cm³/mol. The van der Waals surface area contributed by atoms with Crippen LogP contribution < -0.4 is 4.74 Å². The molecule has 1 rings (SSSR count). The summed E-state index contributed by atoms with van der Waals surface area (Å²) in [6.07, 6.45) is 0.169. The third-order valence-corrected chi connectivity index (χ3v) is 1.78. The molecule has 1 N–H and O–H groups in total. The van der Waals surface area contributed by atoms with Gasteiger partial charge in [-0.2, -0.15) is 0 Å². The van der Waals surface area contributed by atoms with Crippen LogP contribution in [-0.4, -0.2) is 18.6 Å². The van der Waals surface area contributed by atoms with Crippen LogP contribution in [0.4, 0.5) is 0 Å².